The summed E-state index contributed by atoms with van der Waals surface area (Å²) in [6.45, 7) is 5.88. The van der Waals surface area contributed by atoms with Crippen molar-refractivity contribution in [2.24, 2.45) is 0 Å². The predicted molar refractivity (Wildman–Crippen MR) is 69.1 cm³/mol. The number of nitrogens with zero attached hydrogens (tertiary/aromatic N) is 1. The number of amides is 1. The fourth-order valence-corrected chi connectivity index (χ4v) is 2.20. The Morgan fingerprint density at radius 2 is 2.11 bits per heavy atom. The van der Waals surface area contributed by atoms with Gasteiger partial charge < -0.3 is 15.3 Å². The lowest BCUT2D eigenvalue weighted by atomic mass is 9.96. The summed E-state index contributed by atoms with van der Waals surface area (Å²) in [5.74, 6) is -1.06. The fourth-order valence-electron chi connectivity index (χ4n) is 2.20. The van der Waals surface area contributed by atoms with Gasteiger partial charge in [-0.15, -0.1) is 0 Å². The molecule has 0 bridgehead atoms. The average molecular weight is 248 g/mol. The molecule has 1 aliphatic heterocycles. The first-order valence-corrected chi connectivity index (χ1v) is 5.85. The SMILES string of the molecule is CCN1C(=O)C(C)(C)Nc2c(C(=O)O)cccc21. The summed E-state index contributed by atoms with van der Waals surface area (Å²) in [7, 11) is 0. The quantitative estimate of drug-likeness (QED) is 0.839. The highest BCUT2D eigenvalue weighted by Gasteiger charge is 2.39. The van der Waals surface area contributed by atoms with Gasteiger partial charge in [0.1, 0.15) is 5.54 Å². The molecule has 18 heavy (non-hydrogen) atoms. The van der Waals surface area contributed by atoms with E-state index in [9.17, 15) is 14.7 Å². The van der Waals surface area contributed by atoms with Crippen molar-refractivity contribution in [3.05, 3.63) is 23.8 Å². The van der Waals surface area contributed by atoms with E-state index in [-0.39, 0.29) is 11.5 Å². The Morgan fingerprint density at radius 1 is 1.44 bits per heavy atom. The van der Waals surface area contributed by atoms with Crippen LogP contribution in [0.5, 0.6) is 0 Å². The fraction of sp³-hybridized carbons (Fsp3) is 0.385. The third-order valence-electron chi connectivity index (χ3n) is 3.10. The van der Waals surface area contributed by atoms with Crippen molar-refractivity contribution in [2.75, 3.05) is 16.8 Å². The van der Waals surface area contributed by atoms with Crippen molar-refractivity contribution in [1.29, 1.82) is 0 Å². The predicted octanol–water partition coefficient (Wildman–Crippen LogP) is 1.94. The molecule has 1 aliphatic rings. The molecule has 0 unspecified atom stereocenters. The van der Waals surface area contributed by atoms with Gasteiger partial charge in [0, 0.05) is 6.54 Å². The minimum Gasteiger partial charge on any atom is -0.478 e. The molecule has 2 N–H and O–H groups in total. The van der Waals surface area contributed by atoms with Crippen LogP contribution in [-0.4, -0.2) is 29.1 Å². The third-order valence-corrected chi connectivity index (χ3v) is 3.10. The second kappa shape index (κ2) is 4.01. The van der Waals surface area contributed by atoms with Gasteiger partial charge in [-0.1, -0.05) is 6.07 Å². The van der Waals surface area contributed by atoms with Crippen LogP contribution in [0.4, 0.5) is 11.4 Å². The van der Waals surface area contributed by atoms with E-state index in [1.807, 2.05) is 6.92 Å². The molecule has 0 saturated carbocycles. The number of hydrogen-bond donors (Lipinski definition) is 2. The number of hydrogen-bond acceptors (Lipinski definition) is 3. The topological polar surface area (TPSA) is 69.6 Å². The highest BCUT2D eigenvalue weighted by Crippen LogP contribution is 2.37. The van der Waals surface area contributed by atoms with Gasteiger partial charge in [-0.25, -0.2) is 4.79 Å². The summed E-state index contributed by atoms with van der Waals surface area (Å²) in [6, 6.07) is 4.94. The van der Waals surface area contributed by atoms with Gasteiger partial charge >= 0.3 is 5.97 Å². The molecule has 1 amide bonds. The molecule has 0 fully saturated rings. The van der Waals surface area contributed by atoms with Gasteiger partial charge in [0.25, 0.3) is 5.91 Å². The van der Waals surface area contributed by atoms with Crippen molar-refractivity contribution in [3.63, 3.8) is 0 Å². The van der Waals surface area contributed by atoms with Crippen LogP contribution in [0, 0.1) is 0 Å². The zero-order chi connectivity index (χ0) is 13.5. The van der Waals surface area contributed by atoms with E-state index in [1.165, 1.54) is 6.07 Å². The van der Waals surface area contributed by atoms with Crippen molar-refractivity contribution in [1.82, 2.24) is 0 Å². The van der Waals surface area contributed by atoms with Crippen molar-refractivity contribution >= 4 is 23.3 Å². The van der Waals surface area contributed by atoms with Gasteiger partial charge in [0.2, 0.25) is 0 Å². The van der Waals surface area contributed by atoms with Crippen LogP contribution in [0.2, 0.25) is 0 Å². The van der Waals surface area contributed by atoms with Crippen LogP contribution in [0.25, 0.3) is 0 Å². The van der Waals surface area contributed by atoms with E-state index in [2.05, 4.69) is 5.32 Å². The Labute approximate surface area is 105 Å². The van der Waals surface area contributed by atoms with Gasteiger partial charge in [0.05, 0.1) is 16.9 Å². The van der Waals surface area contributed by atoms with E-state index in [4.69, 9.17) is 0 Å². The van der Waals surface area contributed by atoms with Crippen LogP contribution in [0.3, 0.4) is 0 Å². The molecule has 1 heterocycles. The number of rotatable bonds is 2. The number of carbonyl (C=O) groups is 2. The smallest absolute Gasteiger partial charge is 0.337 e. The van der Waals surface area contributed by atoms with Crippen molar-refractivity contribution < 1.29 is 14.7 Å². The minimum atomic E-state index is -0.999. The van der Waals surface area contributed by atoms with Crippen LogP contribution >= 0.6 is 0 Å². The molecule has 1 aromatic rings. The van der Waals surface area contributed by atoms with E-state index in [0.29, 0.717) is 17.9 Å². The molecule has 0 aliphatic carbocycles. The van der Waals surface area contributed by atoms with Crippen LogP contribution < -0.4 is 10.2 Å². The molecular weight excluding hydrogens is 232 g/mol. The van der Waals surface area contributed by atoms with E-state index >= 15 is 0 Å². The number of para-hydroxylation sites is 1. The molecule has 0 atom stereocenters. The minimum absolute atomic E-state index is 0.0555. The highest BCUT2D eigenvalue weighted by atomic mass is 16.4. The average Bonchev–Trinajstić information content (AvgIpc) is 2.29. The maximum Gasteiger partial charge on any atom is 0.337 e. The molecular formula is C13H16N2O3. The number of fused-ring (bicyclic) bond motifs is 1. The van der Waals surface area contributed by atoms with Gasteiger partial charge in [-0.3, -0.25) is 4.79 Å². The first-order valence-electron chi connectivity index (χ1n) is 5.85. The molecule has 1 aromatic carbocycles. The second-order valence-electron chi connectivity index (χ2n) is 4.80. The number of likely N-dealkylation sites (N-methyl/N-ethyl adjacent to an activating group) is 1. The monoisotopic (exact) mass is 248 g/mol. The zero-order valence-electron chi connectivity index (χ0n) is 10.7. The molecule has 2 rings (SSSR count). The molecule has 0 radical (unpaired) electrons. The third kappa shape index (κ3) is 1.72. The molecule has 5 heteroatoms. The van der Waals surface area contributed by atoms with Gasteiger partial charge in [0.15, 0.2) is 0 Å². The Balaban J connectivity index is 2.65. The Morgan fingerprint density at radius 3 is 2.67 bits per heavy atom. The normalized spacial score (nSPS) is 17.1. The number of carbonyl (C=O) groups excluding carboxylic acids is 1. The summed E-state index contributed by atoms with van der Waals surface area (Å²) in [6.07, 6.45) is 0. The number of nitrogens with one attached hydrogen (secondary N) is 1. The first-order chi connectivity index (χ1) is 8.38. The van der Waals surface area contributed by atoms with E-state index in [0.717, 1.165) is 0 Å². The second-order valence-corrected chi connectivity index (χ2v) is 4.80. The molecule has 0 saturated heterocycles. The number of benzene rings is 1. The Hall–Kier alpha value is -2.04. The number of carboxylic acids is 1. The standard InChI is InChI=1S/C13H16N2O3/c1-4-15-9-7-5-6-8(11(16)17)10(9)14-13(2,3)12(15)18/h5-7,14H,4H2,1-3H3,(H,16,17). The van der Waals surface area contributed by atoms with Crippen LogP contribution in [0.15, 0.2) is 18.2 Å². The Kier molecular flexibility index (Phi) is 2.77. The maximum atomic E-state index is 12.2. The van der Waals surface area contributed by atoms with Gasteiger partial charge in [-0.05, 0) is 32.9 Å². The largest absolute Gasteiger partial charge is 0.478 e. The summed E-state index contributed by atoms with van der Waals surface area (Å²) >= 11 is 0. The van der Waals surface area contributed by atoms with Crippen molar-refractivity contribution in [2.45, 2.75) is 26.3 Å². The molecule has 5 nitrogen and oxygen atoms in total. The number of anilines is 2. The van der Waals surface area contributed by atoms with E-state index < -0.39 is 11.5 Å². The van der Waals surface area contributed by atoms with Crippen LogP contribution in [-0.2, 0) is 4.79 Å². The lowest BCUT2D eigenvalue weighted by Gasteiger charge is -2.40. The summed E-state index contributed by atoms with van der Waals surface area (Å²) in [5.41, 5.74) is 0.527. The number of carboxylic acid groups (broad SMARTS) is 1. The summed E-state index contributed by atoms with van der Waals surface area (Å²) < 4.78 is 0. The van der Waals surface area contributed by atoms with Gasteiger partial charge in [-0.2, -0.15) is 0 Å². The highest BCUT2D eigenvalue weighted by molar-refractivity contribution is 6.11. The van der Waals surface area contributed by atoms with Crippen molar-refractivity contribution in [3.8, 4) is 0 Å². The molecule has 0 aromatic heterocycles. The molecule has 96 valence electrons. The zero-order valence-corrected chi connectivity index (χ0v) is 10.7. The number of aromatic carboxylic acids is 1. The van der Waals surface area contributed by atoms with E-state index in [1.54, 1.807) is 30.9 Å². The summed E-state index contributed by atoms with van der Waals surface area (Å²) in [4.78, 5) is 25.1. The lowest BCUT2D eigenvalue weighted by molar-refractivity contribution is -0.122. The lowest BCUT2D eigenvalue weighted by Crippen LogP contribution is -2.54. The maximum absolute atomic E-state index is 12.2. The Bertz CT molecular complexity index is 523. The molecule has 0 spiro atoms. The summed E-state index contributed by atoms with van der Waals surface area (Å²) in [5, 5.41) is 12.2. The van der Waals surface area contributed by atoms with Crippen LogP contribution in [0.1, 0.15) is 31.1 Å². The first kappa shape index (κ1) is 12.4.